The second-order valence-electron chi connectivity index (χ2n) is 4.94. The molecule has 1 N–H and O–H groups in total. The summed E-state index contributed by atoms with van der Waals surface area (Å²) in [5.74, 6) is 0.709. The van der Waals surface area contributed by atoms with Crippen molar-refractivity contribution in [1.29, 1.82) is 0 Å². The molecule has 0 fully saturated rings. The van der Waals surface area contributed by atoms with Crippen LogP contribution in [0.4, 0.5) is 5.69 Å². The van der Waals surface area contributed by atoms with E-state index in [4.69, 9.17) is 21.1 Å². The van der Waals surface area contributed by atoms with Crippen LogP contribution in [0.5, 0.6) is 11.5 Å². The molecule has 0 atom stereocenters. The molecule has 1 amide bonds. The van der Waals surface area contributed by atoms with Gasteiger partial charge < -0.3 is 14.8 Å². The zero-order chi connectivity index (χ0) is 17.8. The molecular formula is C16H14ClN5O3. The lowest BCUT2D eigenvalue weighted by Crippen LogP contribution is -2.13. The van der Waals surface area contributed by atoms with E-state index in [1.807, 2.05) is 0 Å². The number of amides is 1. The van der Waals surface area contributed by atoms with Gasteiger partial charge in [0, 0.05) is 11.8 Å². The largest absolute Gasteiger partial charge is 0.493 e. The minimum absolute atomic E-state index is 0.296. The fourth-order valence-electron chi connectivity index (χ4n) is 2.22. The lowest BCUT2D eigenvalue weighted by Gasteiger charge is -2.11. The first-order valence-corrected chi connectivity index (χ1v) is 7.56. The number of ether oxygens (including phenoxy) is 2. The smallest absolute Gasteiger partial charge is 0.257 e. The highest BCUT2D eigenvalue weighted by Crippen LogP contribution is 2.30. The van der Waals surface area contributed by atoms with Crippen LogP contribution in [0.2, 0.25) is 5.02 Å². The average Bonchev–Trinajstić information content (AvgIpc) is 3.16. The van der Waals surface area contributed by atoms with Gasteiger partial charge in [0.05, 0.1) is 30.5 Å². The van der Waals surface area contributed by atoms with Gasteiger partial charge >= 0.3 is 0 Å². The Hall–Kier alpha value is -3.13. The number of anilines is 1. The number of methoxy groups -OCH3 is 2. The van der Waals surface area contributed by atoms with Crippen LogP contribution in [0.3, 0.4) is 0 Å². The number of hydrogen-bond acceptors (Lipinski definition) is 6. The van der Waals surface area contributed by atoms with Crippen LogP contribution in [0.1, 0.15) is 10.4 Å². The van der Waals surface area contributed by atoms with Gasteiger partial charge in [0.1, 0.15) is 6.33 Å². The summed E-state index contributed by atoms with van der Waals surface area (Å²) in [4.78, 5) is 12.6. The quantitative estimate of drug-likeness (QED) is 0.752. The SMILES string of the molecule is COc1ccc(NC(=O)c2cc(-n3cnnn3)ccc2Cl)cc1OC. The van der Waals surface area contributed by atoms with Gasteiger partial charge in [-0.1, -0.05) is 11.6 Å². The molecular weight excluding hydrogens is 346 g/mol. The van der Waals surface area contributed by atoms with Crippen molar-refractivity contribution in [3.05, 3.63) is 53.3 Å². The lowest BCUT2D eigenvalue weighted by molar-refractivity contribution is 0.102. The van der Waals surface area contributed by atoms with Gasteiger partial charge in [0.2, 0.25) is 0 Å². The highest BCUT2D eigenvalue weighted by molar-refractivity contribution is 6.34. The third-order valence-corrected chi connectivity index (χ3v) is 3.78. The van der Waals surface area contributed by atoms with Crippen molar-refractivity contribution in [3.8, 4) is 17.2 Å². The Morgan fingerprint density at radius 1 is 1.12 bits per heavy atom. The second-order valence-corrected chi connectivity index (χ2v) is 5.35. The Bertz CT molecular complexity index is 899. The Morgan fingerprint density at radius 2 is 1.92 bits per heavy atom. The van der Waals surface area contributed by atoms with Crippen molar-refractivity contribution in [2.75, 3.05) is 19.5 Å². The molecule has 3 rings (SSSR count). The van der Waals surface area contributed by atoms with Crippen LogP contribution < -0.4 is 14.8 Å². The zero-order valence-corrected chi connectivity index (χ0v) is 14.2. The molecule has 1 aromatic heterocycles. The van der Waals surface area contributed by atoms with Crippen LogP contribution in [0, 0.1) is 0 Å². The maximum atomic E-state index is 12.6. The molecule has 3 aromatic rings. The summed E-state index contributed by atoms with van der Waals surface area (Å²) in [7, 11) is 3.07. The third-order valence-electron chi connectivity index (χ3n) is 3.45. The maximum Gasteiger partial charge on any atom is 0.257 e. The predicted octanol–water partition coefficient (Wildman–Crippen LogP) is 2.59. The molecule has 25 heavy (non-hydrogen) atoms. The fourth-order valence-corrected chi connectivity index (χ4v) is 2.43. The molecule has 0 radical (unpaired) electrons. The minimum atomic E-state index is -0.368. The molecule has 0 spiro atoms. The number of carbonyl (C=O) groups excluding carboxylic acids is 1. The average molecular weight is 360 g/mol. The lowest BCUT2D eigenvalue weighted by atomic mass is 10.1. The molecule has 0 aliphatic heterocycles. The number of hydrogen-bond donors (Lipinski definition) is 1. The van der Waals surface area contributed by atoms with Gasteiger partial charge in [-0.15, -0.1) is 5.10 Å². The highest BCUT2D eigenvalue weighted by atomic mass is 35.5. The van der Waals surface area contributed by atoms with Gasteiger partial charge in [-0.25, -0.2) is 4.68 Å². The molecule has 0 aliphatic rings. The summed E-state index contributed by atoms with van der Waals surface area (Å²) in [6.07, 6.45) is 1.43. The van der Waals surface area contributed by atoms with Gasteiger partial charge in [-0.05, 0) is 40.8 Å². The fraction of sp³-hybridized carbons (Fsp3) is 0.125. The molecule has 0 bridgehead atoms. The first-order chi connectivity index (χ1) is 12.1. The van der Waals surface area contributed by atoms with Crippen molar-refractivity contribution in [2.45, 2.75) is 0 Å². The summed E-state index contributed by atoms with van der Waals surface area (Å²) in [6, 6.07) is 10.0. The molecule has 0 aliphatic carbocycles. The second kappa shape index (κ2) is 7.18. The normalized spacial score (nSPS) is 10.4. The van der Waals surface area contributed by atoms with E-state index in [2.05, 4.69) is 20.8 Å². The van der Waals surface area contributed by atoms with Gasteiger partial charge in [0.15, 0.2) is 11.5 Å². The number of tetrazole rings is 1. The standard InChI is InChI=1S/C16H14ClN5O3/c1-24-14-6-3-10(7-15(14)25-2)19-16(23)12-8-11(4-5-13(12)17)22-9-18-20-21-22/h3-9H,1-2H3,(H,19,23). The summed E-state index contributed by atoms with van der Waals surface area (Å²) in [6.45, 7) is 0. The predicted molar refractivity (Wildman–Crippen MR) is 91.7 cm³/mol. The van der Waals surface area contributed by atoms with Crippen molar-refractivity contribution in [3.63, 3.8) is 0 Å². The van der Waals surface area contributed by atoms with Crippen LogP contribution in [-0.4, -0.2) is 40.3 Å². The van der Waals surface area contributed by atoms with E-state index in [-0.39, 0.29) is 5.91 Å². The summed E-state index contributed by atoms with van der Waals surface area (Å²) < 4.78 is 11.8. The Balaban J connectivity index is 1.87. The van der Waals surface area contributed by atoms with E-state index >= 15 is 0 Å². The number of aromatic nitrogens is 4. The third kappa shape index (κ3) is 3.53. The van der Waals surface area contributed by atoms with Crippen LogP contribution in [-0.2, 0) is 0 Å². The molecule has 9 heteroatoms. The van der Waals surface area contributed by atoms with Crippen LogP contribution >= 0.6 is 11.6 Å². The number of nitrogens with zero attached hydrogens (tertiary/aromatic N) is 4. The van der Waals surface area contributed by atoms with E-state index in [0.717, 1.165) is 0 Å². The van der Waals surface area contributed by atoms with Crippen LogP contribution in [0.15, 0.2) is 42.7 Å². The molecule has 128 valence electrons. The highest BCUT2D eigenvalue weighted by Gasteiger charge is 2.14. The number of rotatable bonds is 5. The van der Waals surface area contributed by atoms with Gasteiger partial charge in [-0.3, -0.25) is 4.79 Å². The number of benzene rings is 2. The van der Waals surface area contributed by atoms with Gasteiger partial charge in [0.25, 0.3) is 5.91 Å². The number of halogens is 1. The van der Waals surface area contributed by atoms with E-state index in [0.29, 0.717) is 33.5 Å². The Morgan fingerprint density at radius 3 is 2.60 bits per heavy atom. The van der Waals surface area contributed by atoms with Crippen molar-refractivity contribution in [2.24, 2.45) is 0 Å². The van der Waals surface area contributed by atoms with E-state index < -0.39 is 0 Å². The van der Waals surface area contributed by atoms with Crippen LogP contribution in [0.25, 0.3) is 5.69 Å². The molecule has 0 saturated heterocycles. The minimum Gasteiger partial charge on any atom is -0.493 e. The first kappa shape index (κ1) is 16.7. The molecule has 0 unspecified atom stereocenters. The van der Waals surface area contributed by atoms with Crippen molar-refractivity contribution < 1.29 is 14.3 Å². The van der Waals surface area contributed by atoms with Gasteiger partial charge in [-0.2, -0.15) is 0 Å². The maximum absolute atomic E-state index is 12.6. The molecule has 1 heterocycles. The first-order valence-electron chi connectivity index (χ1n) is 7.18. The monoisotopic (exact) mass is 359 g/mol. The van der Waals surface area contributed by atoms with E-state index in [1.165, 1.54) is 18.1 Å². The number of nitrogens with one attached hydrogen (secondary N) is 1. The molecule has 0 saturated carbocycles. The Labute approximate surface area is 148 Å². The van der Waals surface area contributed by atoms with E-state index in [9.17, 15) is 4.79 Å². The van der Waals surface area contributed by atoms with Crippen molar-refractivity contribution >= 4 is 23.2 Å². The summed E-state index contributed by atoms with van der Waals surface area (Å²) in [5, 5.41) is 14.0. The zero-order valence-electron chi connectivity index (χ0n) is 13.4. The summed E-state index contributed by atoms with van der Waals surface area (Å²) in [5.41, 5.74) is 1.46. The van der Waals surface area contributed by atoms with E-state index in [1.54, 1.807) is 43.5 Å². The topological polar surface area (TPSA) is 91.2 Å². The summed E-state index contributed by atoms with van der Waals surface area (Å²) >= 11 is 6.16. The van der Waals surface area contributed by atoms with Crippen molar-refractivity contribution in [1.82, 2.24) is 20.2 Å². The Kier molecular flexibility index (Phi) is 4.80. The molecule has 8 nitrogen and oxygen atoms in total. The number of carbonyl (C=O) groups is 1. The molecule has 2 aromatic carbocycles.